The Bertz CT molecular complexity index is 773. The summed E-state index contributed by atoms with van der Waals surface area (Å²) in [6, 6.07) is 17.6. The van der Waals surface area contributed by atoms with E-state index in [9.17, 15) is 4.79 Å². The molecule has 0 atom stereocenters. The van der Waals surface area contributed by atoms with Gasteiger partial charge in [0.25, 0.3) is 0 Å². The number of nitrogens with two attached hydrogens (primary N) is 2. The Morgan fingerprint density at radius 3 is 1.90 bits per heavy atom. The van der Waals surface area contributed by atoms with Crippen LogP contribution in [0.15, 0.2) is 60.0 Å². The second-order valence-corrected chi connectivity index (χ2v) is 5.64. The number of carbonyl (C=O) groups is 1. The van der Waals surface area contributed by atoms with E-state index in [0.29, 0.717) is 5.56 Å². The molecule has 1 amide bonds. The van der Waals surface area contributed by atoms with Crippen molar-refractivity contribution in [2.24, 2.45) is 5.73 Å². The van der Waals surface area contributed by atoms with Crippen LogP contribution in [-0.4, -0.2) is 5.91 Å². The minimum atomic E-state index is -0.395. The average Bonchev–Trinajstić information content (AvgIpc) is 2.98. The van der Waals surface area contributed by atoms with Crippen molar-refractivity contribution in [2.75, 3.05) is 5.73 Å². The molecule has 0 saturated carbocycles. The van der Waals surface area contributed by atoms with Crippen molar-refractivity contribution in [1.29, 1.82) is 0 Å². The highest BCUT2D eigenvalue weighted by atomic mass is 32.1. The molecule has 1 heterocycles. The Hall–Kier alpha value is -2.59. The molecule has 3 nitrogen and oxygen atoms in total. The minimum Gasteiger partial charge on any atom is -0.399 e. The van der Waals surface area contributed by atoms with Gasteiger partial charge in [0.1, 0.15) is 0 Å². The fourth-order valence-corrected chi connectivity index (χ4v) is 3.12. The molecular formula is C17H14N2OS. The summed E-state index contributed by atoms with van der Waals surface area (Å²) in [6.07, 6.45) is 0. The monoisotopic (exact) mass is 294 g/mol. The number of hydrogen-bond acceptors (Lipinski definition) is 3. The van der Waals surface area contributed by atoms with E-state index in [0.717, 1.165) is 27.3 Å². The first-order valence-electron chi connectivity index (χ1n) is 6.49. The van der Waals surface area contributed by atoms with E-state index in [2.05, 4.69) is 0 Å². The largest absolute Gasteiger partial charge is 0.399 e. The van der Waals surface area contributed by atoms with E-state index in [1.165, 1.54) is 11.3 Å². The summed E-state index contributed by atoms with van der Waals surface area (Å²) in [4.78, 5) is 12.3. The molecule has 0 aliphatic carbocycles. The molecule has 4 N–H and O–H groups in total. The molecule has 0 radical (unpaired) electrons. The number of carbonyl (C=O) groups excluding carboxylic acids is 1. The van der Waals surface area contributed by atoms with Crippen LogP contribution in [0.3, 0.4) is 0 Å². The molecule has 0 saturated heterocycles. The third-order valence-electron chi connectivity index (χ3n) is 3.32. The molecule has 1 aromatic heterocycles. The molecule has 0 aliphatic heterocycles. The Morgan fingerprint density at radius 1 is 0.810 bits per heavy atom. The summed E-state index contributed by atoms with van der Waals surface area (Å²) in [5, 5.41) is 1.88. The van der Waals surface area contributed by atoms with E-state index in [4.69, 9.17) is 11.5 Å². The van der Waals surface area contributed by atoms with Gasteiger partial charge < -0.3 is 11.5 Å². The lowest BCUT2D eigenvalue weighted by Crippen LogP contribution is -2.10. The first-order valence-corrected chi connectivity index (χ1v) is 7.37. The normalized spacial score (nSPS) is 10.5. The van der Waals surface area contributed by atoms with Gasteiger partial charge in [-0.3, -0.25) is 4.79 Å². The SMILES string of the molecule is NC(=O)c1ccsc1-c1ccc(-c2ccc(N)cc2)cc1. The predicted octanol–water partition coefficient (Wildman–Crippen LogP) is 3.76. The lowest BCUT2D eigenvalue weighted by Gasteiger charge is -2.05. The van der Waals surface area contributed by atoms with Crippen molar-refractivity contribution in [1.82, 2.24) is 0 Å². The quantitative estimate of drug-likeness (QED) is 0.722. The molecule has 0 bridgehead atoms. The van der Waals surface area contributed by atoms with Gasteiger partial charge >= 0.3 is 0 Å². The van der Waals surface area contributed by atoms with E-state index in [1.54, 1.807) is 6.07 Å². The lowest BCUT2D eigenvalue weighted by atomic mass is 10.0. The highest BCUT2D eigenvalue weighted by Crippen LogP contribution is 2.31. The Balaban J connectivity index is 1.95. The Morgan fingerprint density at radius 2 is 1.33 bits per heavy atom. The summed E-state index contributed by atoms with van der Waals surface area (Å²) >= 11 is 1.52. The van der Waals surface area contributed by atoms with Crippen LogP contribution in [0.1, 0.15) is 10.4 Å². The van der Waals surface area contributed by atoms with E-state index >= 15 is 0 Å². The molecule has 104 valence electrons. The summed E-state index contributed by atoms with van der Waals surface area (Å²) in [5.41, 5.74) is 15.6. The zero-order valence-corrected chi connectivity index (χ0v) is 12.1. The van der Waals surface area contributed by atoms with Crippen LogP contribution in [-0.2, 0) is 0 Å². The molecule has 3 rings (SSSR count). The van der Waals surface area contributed by atoms with Crippen molar-refractivity contribution in [3.05, 3.63) is 65.5 Å². The smallest absolute Gasteiger partial charge is 0.250 e. The molecule has 3 aromatic rings. The molecule has 0 fully saturated rings. The molecule has 0 aliphatic rings. The van der Waals surface area contributed by atoms with Crippen LogP contribution in [0.2, 0.25) is 0 Å². The van der Waals surface area contributed by atoms with Gasteiger partial charge in [-0.1, -0.05) is 36.4 Å². The zero-order valence-electron chi connectivity index (χ0n) is 11.2. The average molecular weight is 294 g/mol. The van der Waals surface area contributed by atoms with Crippen molar-refractivity contribution in [3.63, 3.8) is 0 Å². The van der Waals surface area contributed by atoms with Crippen LogP contribution >= 0.6 is 11.3 Å². The van der Waals surface area contributed by atoms with Crippen LogP contribution in [0.25, 0.3) is 21.6 Å². The fourth-order valence-electron chi connectivity index (χ4n) is 2.22. The van der Waals surface area contributed by atoms with Crippen molar-refractivity contribution >= 4 is 22.9 Å². The van der Waals surface area contributed by atoms with Crippen LogP contribution in [0.4, 0.5) is 5.69 Å². The van der Waals surface area contributed by atoms with Gasteiger partial charge in [-0.15, -0.1) is 11.3 Å². The van der Waals surface area contributed by atoms with Gasteiger partial charge in [-0.2, -0.15) is 0 Å². The van der Waals surface area contributed by atoms with Gasteiger partial charge in [0.05, 0.1) is 5.56 Å². The summed E-state index contributed by atoms with van der Waals surface area (Å²) < 4.78 is 0. The van der Waals surface area contributed by atoms with E-state index in [1.807, 2.05) is 53.9 Å². The van der Waals surface area contributed by atoms with Crippen molar-refractivity contribution in [2.45, 2.75) is 0 Å². The first kappa shape index (κ1) is 13.4. The van der Waals surface area contributed by atoms with Crippen LogP contribution in [0, 0.1) is 0 Å². The number of thiophene rings is 1. The standard InChI is InChI=1S/C17H14N2OS/c18-14-7-5-12(6-8-14)11-1-3-13(4-2-11)16-15(17(19)20)9-10-21-16/h1-10H,18H2,(H2,19,20). The maximum atomic E-state index is 11.4. The van der Waals surface area contributed by atoms with E-state index in [-0.39, 0.29) is 0 Å². The van der Waals surface area contributed by atoms with Gasteiger partial charge in [-0.05, 0) is 40.3 Å². The fraction of sp³-hybridized carbons (Fsp3) is 0. The predicted molar refractivity (Wildman–Crippen MR) is 88.1 cm³/mol. The number of hydrogen-bond donors (Lipinski definition) is 2. The van der Waals surface area contributed by atoms with E-state index < -0.39 is 5.91 Å². The maximum absolute atomic E-state index is 11.4. The second-order valence-electron chi connectivity index (χ2n) is 4.73. The lowest BCUT2D eigenvalue weighted by molar-refractivity contribution is 0.100. The van der Waals surface area contributed by atoms with Gasteiger partial charge in [-0.25, -0.2) is 0 Å². The third kappa shape index (κ3) is 2.66. The summed E-state index contributed by atoms with van der Waals surface area (Å²) in [6.45, 7) is 0. The molecule has 4 heteroatoms. The number of primary amides is 1. The van der Waals surface area contributed by atoms with Gasteiger partial charge in [0.15, 0.2) is 0 Å². The highest BCUT2D eigenvalue weighted by Gasteiger charge is 2.11. The van der Waals surface area contributed by atoms with Crippen LogP contribution in [0.5, 0.6) is 0 Å². The maximum Gasteiger partial charge on any atom is 0.250 e. The molecule has 21 heavy (non-hydrogen) atoms. The Kier molecular flexibility index (Phi) is 3.46. The number of benzene rings is 2. The topological polar surface area (TPSA) is 69.1 Å². The molecule has 0 unspecified atom stereocenters. The second kappa shape index (κ2) is 5.42. The Labute approximate surface area is 126 Å². The molecule has 0 spiro atoms. The zero-order chi connectivity index (χ0) is 14.8. The first-order chi connectivity index (χ1) is 10.1. The van der Waals surface area contributed by atoms with Gasteiger partial charge in [0.2, 0.25) is 5.91 Å². The number of rotatable bonds is 3. The summed E-state index contributed by atoms with van der Waals surface area (Å²) in [5.74, 6) is -0.395. The van der Waals surface area contributed by atoms with Crippen LogP contribution < -0.4 is 11.5 Å². The molecular weight excluding hydrogens is 280 g/mol. The summed E-state index contributed by atoms with van der Waals surface area (Å²) in [7, 11) is 0. The third-order valence-corrected chi connectivity index (χ3v) is 4.29. The highest BCUT2D eigenvalue weighted by molar-refractivity contribution is 7.14. The minimum absolute atomic E-state index is 0.395. The van der Waals surface area contributed by atoms with Crippen molar-refractivity contribution < 1.29 is 4.79 Å². The number of amides is 1. The number of anilines is 1. The van der Waals surface area contributed by atoms with Crippen molar-refractivity contribution in [3.8, 4) is 21.6 Å². The number of nitrogen functional groups attached to an aromatic ring is 1. The molecule has 2 aromatic carbocycles. The van der Waals surface area contributed by atoms with Gasteiger partial charge in [0, 0.05) is 10.6 Å².